The van der Waals surface area contributed by atoms with E-state index in [1.165, 1.54) is 4.31 Å². The van der Waals surface area contributed by atoms with Gasteiger partial charge in [-0.2, -0.15) is 4.31 Å². The van der Waals surface area contributed by atoms with Crippen LogP contribution in [0.2, 0.25) is 0 Å². The van der Waals surface area contributed by atoms with Gasteiger partial charge in [0.05, 0.1) is 18.6 Å². The molecule has 3 aromatic carbocycles. The lowest BCUT2D eigenvalue weighted by atomic mass is 10.0. The van der Waals surface area contributed by atoms with Gasteiger partial charge in [0.1, 0.15) is 12.4 Å². The van der Waals surface area contributed by atoms with Crippen molar-refractivity contribution in [3.8, 4) is 5.75 Å². The van der Waals surface area contributed by atoms with Crippen LogP contribution in [0.25, 0.3) is 10.8 Å². The number of fused-ring (bicyclic) bond motifs is 1. The minimum absolute atomic E-state index is 0.0591. The summed E-state index contributed by atoms with van der Waals surface area (Å²) in [6.07, 6.45) is 3.29. The van der Waals surface area contributed by atoms with Gasteiger partial charge in [0, 0.05) is 68.5 Å². The molecule has 1 amide bonds. The summed E-state index contributed by atoms with van der Waals surface area (Å²) in [7, 11) is -2.42. The topological polar surface area (TPSA) is 113 Å². The van der Waals surface area contributed by atoms with E-state index < -0.39 is 16.1 Å². The van der Waals surface area contributed by atoms with E-state index in [-0.39, 0.29) is 30.7 Å². The third-order valence-corrected chi connectivity index (χ3v) is 9.90. The number of sulfonamides is 1. The number of hydrogen-bond donors (Lipinski definition) is 1. The Morgan fingerprint density at radius 1 is 0.955 bits per heavy atom. The maximum atomic E-state index is 14.3. The van der Waals surface area contributed by atoms with Gasteiger partial charge >= 0.3 is 6.09 Å². The fourth-order valence-corrected chi connectivity index (χ4v) is 7.38. The van der Waals surface area contributed by atoms with Crippen LogP contribution in [0.4, 0.5) is 4.79 Å². The van der Waals surface area contributed by atoms with Crippen LogP contribution in [0, 0.1) is 0 Å². The summed E-state index contributed by atoms with van der Waals surface area (Å²) in [4.78, 5) is 20.9. The molecule has 4 aromatic rings. The number of piperazine rings is 1. The summed E-state index contributed by atoms with van der Waals surface area (Å²) >= 11 is 0. The summed E-state index contributed by atoms with van der Waals surface area (Å²) in [5, 5.41) is 11.4. The number of hydrogen-bond acceptors (Lipinski definition) is 8. The fraction of sp³-hybridized carbons (Fsp3) is 0.333. The largest absolute Gasteiger partial charge is 0.497 e. The van der Waals surface area contributed by atoms with Gasteiger partial charge in [-0.15, -0.1) is 0 Å². The van der Waals surface area contributed by atoms with Gasteiger partial charge in [0.25, 0.3) is 0 Å². The average molecular weight is 619 g/mol. The standard InChI is InChI=1S/C33H38N4O6S/c1-42-30-12-10-26(11-13-30)22-29(24-35-16-18-36(19-17-35)33(39)43-25-27-6-3-2-4-7-27)37(20-21-38)44(40,41)32-9-5-8-28-23-34-15-14-31(28)32/h2-15,23,29,38H,16-22,24-25H2,1H3. The normalized spacial score (nSPS) is 14.9. The molecule has 0 bridgehead atoms. The molecule has 44 heavy (non-hydrogen) atoms. The molecule has 1 unspecified atom stereocenters. The van der Waals surface area contributed by atoms with Crippen LogP contribution in [0.3, 0.4) is 0 Å². The third-order valence-electron chi connectivity index (χ3n) is 7.89. The van der Waals surface area contributed by atoms with E-state index >= 15 is 0 Å². The summed E-state index contributed by atoms with van der Waals surface area (Å²) in [6, 6.07) is 23.5. The van der Waals surface area contributed by atoms with Gasteiger partial charge in [-0.3, -0.25) is 9.88 Å². The highest BCUT2D eigenvalue weighted by molar-refractivity contribution is 7.89. The first kappa shape index (κ1) is 31.4. The first-order valence-electron chi connectivity index (χ1n) is 14.7. The molecule has 1 atom stereocenters. The molecule has 1 fully saturated rings. The number of benzene rings is 3. The highest BCUT2D eigenvalue weighted by Crippen LogP contribution is 2.28. The maximum Gasteiger partial charge on any atom is 0.410 e. The number of ether oxygens (including phenoxy) is 2. The fourth-order valence-electron chi connectivity index (χ4n) is 5.55. The Hall–Kier alpha value is -4.03. The number of carbonyl (C=O) groups is 1. The number of methoxy groups -OCH3 is 1. The molecule has 5 rings (SSSR count). The summed E-state index contributed by atoms with van der Waals surface area (Å²) in [5.41, 5.74) is 1.87. The number of nitrogens with zero attached hydrogens (tertiary/aromatic N) is 4. The van der Waals surface area contributed by atoms with E-state index in [0.717, 1.165) is 16.5 Å². The number of aromatic nitrogens is 1. The minimum Gasteiger partial charge on any atom is -0.497 e. The van der Waals surface area contributed by atoms with E-state index in [1.807, 2.05) is 60.7 Å². The molecule has 1 aliphatic heterocycles. The number of carbonyl (C=O) groups excluding carboxylic acids is 1. The molecule has 0 aliphatic carbocycles. The second kappa shape index (κ2) is 14.6. The van der Waals surface area contributed by atoms with Crippen molar-refractivity contribution >= 4 is 26.9 Å². The van der Waals surface area contributed by atoms with Crippen LogP contribution in [0.5, 0.6) is 5.75 Å². The van der Waals surface area contributed by atoms with Crippen molar-refractivity contribution in [3.63, 3.8) is 0 Å². The Labute approximate surface area is 258 Å². The van der Waals surface area contributed by atoms with Crippen molar-refractivity contribution in [2.24, 2.45) is 0 Å². The molecule has 2 heterocycles. The number of amides is 1. The zero-order chi connectivity index (χ0) is 30.9. The number of aliphatic hydroxyl groups excluding tert-OH is 1. The van der Waals surface area contributed by atoms with Crippen LogP contribution < -0.4 is 4.74 Å². The van der Waals surface area contributed by atoms with Crippen molar-refractivity contribution in [3.05, 3.63) is 102 Å². The lowest BCUT2D eigenvalue weighted by Crippen LogP contribution is -2.54. The summed E-state index contributed by atoms with van der Waals surface area (Å²) < 4.78 is 40.9. The van der Waals surface area contributed by atoms with Crippen LogP contribution in [0.1, 0.15) is 11.1 Å². The summed E-state index contributed by atoms with van der Waals surface area (Å²) in [5.74, 6) is 0.713. The van der Waals surface area contributed by atoms with Crippen LogP contribution in [-0.2, 0) is 27.8 Å². The Morgan fingerprint density at radius 2 is 1.70 bits per heavy atom. The number of aliphatic hydroxyl groups is 1. The van der Waals surface area contributed by atoms with Crippen molar-refractivity contribution in [1.29, 1.82) is 0 Å². The molecule has 1 saturated heterocycles. The van der Waals surface area contributed by atoms with Gasteiger partial charge in [0.15, 0.2) is 0 Å². The zero-order valence-electron chi connectivity index (χ0n) is 24.8. The third kappa shape index (κ3) is 7.54. The first-order valence-corrected chi connectivity index (χ1v) is 16.1. The molecule has 1 N–H and O–H groups in total. The van der Waals surface area contributed by atoms with Gasteiger partial charge in [-0.25, -0.2) is 13.2 Å². The van der Waals surface area contributed by atoms with Gasteiger partial charge in [-0.1, -0.05) is 54.6 Å². The number of pyridine rings is 1. The van der Waals surface area contributed by atoms with Crippen molar-refractivity contribution in [2.75, 3.05) is 53.0 Å². The van der Waals surface area contributed by atoms with Gasteiger partial charge < -0.3 is 19.5 Å². The Balaban J connectivity index is 1.35. The maximum absolute atomic E-state index is 14.3. The predicted octanol–water partition coefficient (Wildman–Crippen LogP) is 3.79. The Kier molecular flexibility index (Phi) is 10.4. The molecule has 0 radical (unpaired) electrons. The Bertz CT molecular complexity index is 1620. The highest BCUT2D eigenvalue weighted by atomic mass is 32.2. The van der Waals surface area contributed by atoms with E-state index in [9.17, 15) is 18.3 Å². The molecular weight excluding hydrogens is 580 g/mol. The molecule has 232 valence electrons. The molecule has 0 spiro atoms. The van der Waals surface area contributed by atoms with Crippen LogP contribution in [-0.4, -0.2) is 97.7 Å². The SMILES string of the molecule is COc1ccc(CC(CN2CCN(C(=O)OCc3ccccc3)CC2)N(CCO)S(=O)(=O)c2cccc3cnccc23)cc1. The molecular formula is C33H38N4O6S. The van der Waals surface area contributed by atoms with Crippen molar-refractivity contribution in [2.45, 2.75) is 24.0 Å². The second-order valence-electron chi connectivity index (χ2n) is 10.7. The Morgan fingerprint density at radius 3 is 2.41 bits per heavy atom. The molecule has 0 saturated carbocycles. The average Bonchev–Trinajstić information content (AvgIpc) is 3.06. The second-order valence-corrected chi connectivity index (χ2v) is 12.6. The highest BCUT2D eigenvalue weighted by Gasteiger charge is 2.34. The van der Waals surface area contributed by atoms with Gasteiger partial charge in [0.2, 0.25) is 10.0 Å². The van der Waals surface area contributed by atoms with Gasteiger partial charge in [-0.05, 0) is 41.8 Å². The van der Waals surface area contributed by atoms with E-state index in [0.29, 0.717) is 50.3 Å². The lowest BCUT2D eigenvalue weighted by molar-refractivity contribution is 0.0658. The van der Waals surface area contributed by atoms with Crippen molar-refractivity contribution in [1.82, 2.24) is 19.1 Å². The lowest BCUT2D eigenvalue weighted by Gasteiger charge is -2.39. The van der Waals surface area contributed by atoms with E-state index in [4.69, 9.17) is 9.47 Å². The minimum atomic E-state index is -4.02. The van der Waals surface area contributed by atoms with Crippen molar-refractivity contribution < 1.29 is 27.8 Å². The predicted molar refractivity (Wildman–Crippen MR) is 168 cm³/mol. The molecule has 1 aliphatic rings. The zero-order valence-corrected chi connectivity index (χ0v) is 25.6. The number of rotatable bonds is 12. The quantitative estimate of drug-likeness (QED) is 0.255. The molecule has 1 aromatic heterocycles. The van der Waals surface area contributed by atoms with E-state index in [1.54, 1.807) is 42.6 Å². The van der Waals surface area contributed by atoms with E-state index in [2.05, 4.69) is 9.88 Å². The first-order chi connectivity index (χ1) is 21.4. The monoisotopic (exact) mass is 618 g/mol. The summed E-state index contributed by atoms with van der Waals surface area (Å²) in [6.45, 7) is 2.30. The molecule has 11 heteroatoms. The van der Waals surface area contributed by atoms with Crippen LogP contribution in [0.15, 0.2) is 96.2 Å². The van der Waals surface area contributed by atoms with Crippen LogP contribution >= 0.6 is 0 Å². The smallest absolute Gasteiger partial charge is 0.410 e. The molecule has 10 nitrogen and oxygen atoms in total.